The van der Waals surface area contributed by atoms with Crippen molar-refractivity contribution in [1.29, 1.82) is 0 Å². The van der Waals surface area contributed by atoms with E-state index in [1.54, 1.807) is 18.3 Å². The minimum atomic E-state index is -0.672. The van der Waals surface area contributed by atoms with E-state index >= 15 is 0 Å². The summed E-state index contributed by atoms with van der Waals surface area (Å²) in [6.07, 6.45) is -0.395. The highest BCUT2D eigenvalue weighted by atomic mass is 32.1. The van der Waals surface area contributed by atoms with Crippen molar-refractivity contribution in [1.82, 2.24) is 5.32 Å². The molecule has 0 radical (unpaired) electrons. The summed E-state index contributed by atoms with van der Waals surface area (Å²) in [6.45, 7) is 2.00. The molecule has 2 unspecified atom stereocenters. The van der Waals surface area contributed by atoms with Crippen molar-refractivity contribution in [3.8, 4) is 0 Å². The first-order valence-corrected chi connectivity index (χ1v) is 7.06. The molecule has 102 valence electrons. The van der Waals surface area contributed by atoms with Crippen LogP contribution in [-0.4, -0.2) is 23.6 Å². The van der Waals surface area contributed by atoms with Gasteiger partial charge in [-0.2, -0.15) is 0 Å². The maximum Gasteiger partial charge on any atom is 0.221 e. The summed E-state index contributed by atoms with van der Waals surface area (Å²) in [5.74, 6) is -0.129. The molecule has 0 aliphatic rings. The molecule has 1 heterocycles. The lowest BCUT2D eigenvalue weighted by Gasteiger charge is -2.11. The maximum absolute atomic E-state index is 11.5. The lowest BCUT2D eigenvalue weighted by atomic mass is 10.2. The fraction of sp³-hybridized carbons (Fsp3) is 0.357. The molecular weight excluding hydrogens is 260 g/mol. The first kappa shape index (κ1) is 14.0. The molecule has 0 saturated heterocycles. The number of aliphatic hydroxyl groups is 1. The van der Waals surface area contributed by atoms with Gasteiger partial charge in [0.2, 0.25) is 5.91 Å². The Morgan fingerprint density at radius 2 is 2.21 bits per heavy atom. The number of amides is 1. The van der Waals surface area contributed by atoms with E-state index in [9.17, 15) is 9.90 Å². The van der Waals surface area contributed by atoms with E-state index in [2.05, 4.69) is 5.32 Å². The molecule has 0 fully saturated rings. The zero-order chi connectivity index (χ0) is 13.8. The second-order valence-corrected chi connectivity index (χ2v) is 5.80. The molecule has 0 bridgehead atoms. The van der Waals surface area contributed by atoms with Gasteiger partial charge in [-0.15, -0.1) is 11.3 Å². The number of thiophene rings is 1. The van der Waals surface area contributed by atoms with Crippen molar-refractivity contribution < 1.29 is 9.90 Å². The molecule has 0 spiro atoms. The standard InChI is InChI=1S/C14H18N2O2S/c1-9(15)6-14(18)16-8-11(17)13-7-10-4-2-3-5-12(10)19-13/h2-5,7,9,11,17H,6,8,15H2,1H3,(H,16,18). The molecule has 0 saturated carbocycles. The van der Waals surface area contributed by atoms with Gasteiger partial charge in [-0.25, -0.2) is 0 Å². The summed E-state index contributed by atoms with van der Waals surface area (Å²) < 4.78 is 1.14. The number of rotatable bonds is 5. The number of hydrogen-bond acceptors (Lipinski definition) is 4. The van der Waals surface area contributed by atoms with E-state index in [1.165, 1.54) is 0 Å². The average Bonchev–Trinajstić information content (AvgIpc) is 2.78. The van der Waals surface area contributed by atoms with Crippen LogP contribution in [0.1, 0.15) is 24.3 Å². The second-order valence-electron chi connectivity index (χ2n) is 4.69. The Morgan fingerprint density at radius 3 is 2.89 bits per heavy atom. The molecule has 1 aromatic heterocycles. The number of carbonyl (C=O) groups excluding carboxylic acids is 1. The van der Waals surface area contributed by atoms with E-state index in [4.69, 9.17) is 5.73 Å². The predicted octanol–water partition coefficient (Wildman–Crippen LogP) is 1.79. The van der Waals surface area contributed by atoms with E-state index in [0.29, 0.717) is 0 Å². The molecule has 2 rings (SSSR count). The van der Waals surface area contributed by atoms with Crippen molar-refractivity contribution in [3.05, 3.63) is 35.2 Å². The lowest BCUT2D eigenvalue weighted by molar-refractivity contribution is -0.121. The van der Waals surface area contributed by atoms with Gasteiger partial charge in [-0.3, -0.25) is 4.79 Å². The number of fused-ring (bicyclic) bond motifs is 1. The first-order chi connectivity index (χ1) is 9.06. The Bertz CT molecular complexity index is 532. The molecule has 0 aliphatic carbocycles. The number of nitrogens with two attached hydrogens (primary N) is 1. The van der Waals surface area contributed by atoms with E-state index < -0.39 is 6.10 Å². The van der Waals surface area contributed by atoms with Gasteiger partial charge < -0.3 is 16.2 Å². The molecule has 1 amide bonds. The highest BCUT2D eigenvalue weighted by Gasteiger charge is 2.13. The zero-order valence-corrected chi connectivity index (χ0v) is 11.6. The van der Waals surface area contributed by atoms with Crippen LogP contribution in [0.4, 0.5) is 0 Å². The van der Waals surface area contributed by atoms with Crippen LogP contribution in [0.2, 0.25) is 0 Å². The summed E-state index contributed by atoms with van der Waals surface area (Å²) in [6, 6.07) is 9.76. The Morgan fingerprint density at radius 1 is 1.47 bits per heavy atom. The Labute approximate surface area is 116 Å². The third-order valence-corrected chi connectivity index (χ3v) is 3.99. The van der Waals surface area contributed by atoms with Crippen molar-refractivity contribution in [2.24, 2.45) is 5.73 Å². The Balaban J connectivity index is 1.96. The van der Waals surface area contributed by atoms with E-state index in [-0.39, 0.29) is 24.9 Å². The average molecular weight is 278 g/mol. The molecule has 4 nitrogen and oxygen atoms in total. The summed E-state index contributed by atoms with van der Waals surface area (Å²) >= 11 is 1.54. The van der Waals surface area contributed by atoms with Gasteiger partial charge in [0.25, 0.3) is 0 Å². The highest BCUT2D eigenvalue weighted by Crippen LogP contribution is 2.29. The fourth-order valence-electron chi connectivity index (χ4n) is 1.84. The van der Waals surface area contributed by atoms with E-state index in [0.717, 1.165) is 15.0 Å². The van der Waals surface area contributed by atoms with Crippen molar-refractivity contribution in [2.75, 3.05) is 6.54 Å². The van der Waals surface area contributed by atoms with Gasteiger partial charge in [0, 0.05) is 28.6 Å². The molecule has 19 heavy (non-hydrogen) atoms. The number of aliphatic hydroxyl groups excluding tert-OH is 1. The first-order valence-electron chi connectivity index (χ1n) is 6.25. The normalized spacial score (nSPS) is 14.3. The van der Waals surface area contributed by atoms with Gasteiger partial charge in [0.1, 0.15) is 6.10 Å². The van der Waals surface area contributed by atoms with Crippen LogP contribution < -0.4 is 11.1 Å². The lowest BCUT2D eigenvalue weighted by Crippen LogP contribution is -2.32. The van der Waals surface area contributed by atoms with Crippen LogP contribution in [0, 0.1) is 0 Å². The topological polar surface area (TPSA) is 75.4 Å². The molecule has 2 aromatic rings. The fourth-order valence-corrected chi connectivity index (χ4v) is 2.89. The molecule has 5 heteroatoms. The summed E-state index contributed by atoms with van der Waals surface area (Å²) in [5, 5.41) is 13.9. The third-order valence-electron chi connectivity index (χ3n) is 2.77. The Kier molecular flexibility index (Phi) is 4.52. The number of benzene rings is 1. The third kappa shape index (κ3) is 3.76. The van der Waals surface area contributed by atoms with Gasteiger partial charge in [-0.05, 0) is 24.4 Å². The van der Waals surface area contributed by atoms with Gasteiger partial charge >= 0.3 is 0 Å². The predicted molar refractivity (Wildman–Crippen MR) is 78.1 cm³/mol. The second kappa shape index (κ2) is 6.14. The van der Waals surface area contributed by atoms with Gasteiger partial charge in [0.05, 0.1) is 0 Å². The van der Waals surface area contributed by atoms with Crippen LogP contribution in [0.25, 0.3) is 10.1 Å². The minimum absolute atomic E-state index is 0.129. The number of hydrogen-bond donors (Lipinski definition) is 3. The summed E-state index contributed by atoms with van der Waals surface area (Å²) in [4.78, 5) is 12.3. The van der Waals surface area contributed by atoms with Crippen LogP contribution in [0.3, 0.4) is 0 Å². The SMILES string of the molecule is CC(N)CC(=O)NCC(O)c1cc2ccccc2s1. The maximum atomic E-state index is 11.5. The highest BCUT2D eigenvalue weighted by molar-refractivity contribution is 7.19. The molecule has 0 aliphatic heterocycles. The summed E-state index contributed by atoms with van der Waals surface area (Å²) in [5.41, 5.74) is 5.54. The quantitative estimate of drug-likeness (QED) is 0.780. The van der Waals surface area contributed by atoms with Crippen molar-refractivity contribution in [3.63, 3.8) is 0 Å². The minimum Gasteiger partial charge on any atom is -0.386 e. The van der Waals surface area contributed by atoms with Crippen LogP contribution in [0.5, 0.6) is 0 Å². The summed E-state index contributed by atoms with van der Waals surface area (Å²) in [7, 11) is 0. The van der Waals surface area contributed by atoms with Crippen LogP contribution >= 0.6 is 11.3 Å². The Hall–Kier alpha value is -1.43. The van der Waals surface area contributed by atoms with E-state index in [1.807, 2.05) is 30.3 Å². The van der Waals surface area contributed by atoms with Gasteiger partial charge in [-0.1, -0.05) is 18.2 Å². The van der Waals surface area contributed by atoms with Crippen LogP contribution in [-0.2, 0) is 4.79 Å². The smallest absolute Gasteiger partial charge is 0.221 e. The van der Waals surface area contributed by atoms with Crippen molar-refractivity contribution in [2.45, 2.75) is 25.5 Å². The molecule has 4 N–H and O–H groups in total. The molecular formula is C14H18N2O2S. The molecule has 2 atom stereocenters. The monoisotopic (exact) mass is 278 g/mol. The number of nitrogens with one attached hydrogen (secondary N) is 1. The number of carbonyl (C=O) groups is 1. The van der Waals surface area contributed by atoms with Gasteiger partial charge in [0.15, 0.2) is 0 Å². The zero-order valence-electron chi connectivity index (χ0n) is 10.8. The molecule has 1 aromatic carbocycles. The van der Waals surface area contributed by atoms with Crippen LogP contribution in [0.15, 0.2) is 30.3 Å². The largest absolute Gasteiger partial charge is 0.386 e. The van der Waals surface area contributed by atoms with Crippen molar-refractivity contribution >= 4 is 27.3 Å².